The Labute approximate surface area is 173 Å². The molecule has 144 valence electrons. The van der Waals surface area contributed by atoms with Crippen molar-refractivity contribution in [3.05, 3.63) is 28.2 Å². The average molecular weight is 479 g/mol. The van der Waals surface area contributed by atoms with Crippen LogP contribution in [0.4, 0.5) is 4.79 Å². The molecular formula is C16H16BrCl2N4O4+. The molecule has 3 amide bonds. The SMILES string of the molecule is CN1C(=O)C2C(=NC(Br)=[N+]2CC(O)COc2ccc(Cl)cc2Cl)N(C)C1=O. The number of rotatable bonds is 5. The van der Waals surface area contributed by atoms with Crippen LogP contribution < -0.4 is 4.74 Å². The smallest absolute Gasteiger partial charge is 0.364 e. The molecule has 27 heavy (non-hydrogen) atoms. The number of carbonyl (C=O) groups excluding carboxylic acids is 2. The minimum atomic E-state index is -0.945. The van der Waals surface area contributed by atoms with Gasteiger partial charge < -0.3 is 9.84 Å². The number of likely N-dealkylation sites (N-methyl/N-ethyl adjacent to an activating group) is 2. The number of carbonyl (C=O) groups is 2. The van der Waals surface area contributed by atoms with Gasteiger partial charge in [-0.2, -0.15) is 0 Å². The van der Waals surface area contributed by atoms with E-state index in [4.69, 9.17) is 27.9 Å². The average Bonchev–Trinajstić information content (AvgIpc) is 2.94. The summed E-state index contributed by atoms with van der Waals surface area (Å²) in [5, 5.41) is 11.2. The van der Waals surface area contributed by atoms with Crippen molar-refractivity contribution in [1.82, 2.24) is 9.80 Å². The van der Waals surface area contributed by atoms with Crippen molar-refractivity contribution in [2.75, 3.05) is 27.2 Å². The van der Waals surface area contributed by atoms with E-state index in [0.29, 0.717) is 26.4 Å². The third kappa shape index (κ3) is 3.82. The maximum absolute atomic E-state index is 12.5. The topological polar surface area (TPSA) is 85.4 Å². The van der Waals surface area contributed by atoms with E-state index in [1.54, 1.807) is 29.8 Å². The molecule has 2 unspecified atom stereocenters. The Morgan fingerprint density at radius 1 is 1.33 bits per heavy atom. The highest BCUT2D eigenvalue weighted by atomic mass is 79.9. The van der Waals surface area contributed by atoms with Crippen molar-refractivity contribution in [3.63, 3.8) is 0 Å². The van der Waals surface area contributed by atoms with Gasteiger partial charge in [-0.1, -0.05) is 23.2 Å². The fraction of sp³-hybridized carbons (Fsp3) is 0.375. The molecule has 11 heteroatoms. The quantitative estimate of drug-likeness (QED) is 0.516. The van der Waals surface area contributed by atoms with Crippen LogP contribution in [0.5, 0.6) is 5.75 Å². The van der Waals surface area contributed by atoms with Crippen LogP contribution in [-0.4, -0.2) is 81.4 Å². The van der Waals surface area contributed by atoms with E-state index < -0.39 is 24.1 Å². The summed E-state index contributed by atoms with van der Waals surface area (Å²) in [5.41, 5.74) is 0. The van der Waals surface area contributed by atoms with Crippen molar-refractivity contribution in [1.29, 1.82) is 0 Å². The standard InChI is InChI=1S/C16H16BrCl2N4O4/c1-21-13-12(14(25)22(2)16(21)26)23(15(17)20-13)6-9(24)7-27-11-4-3-8(18)5-10(11)19/h3-5,9,12,24H,6-7H2,1-2H3/q+1. The lowest BCUT2D eigenvalue weighted by Crippen LogP contribution is -2.62. The Balaban J connectivity index is 1.69. The van der Waals surface area contributed by atoms with Gasteiger partial charge in [-0.05, 0) is 23.2 Å². The van der Waals surface area contributed by atoms with Gasteiger partial charge in [0.25, 0.3) is 17.8 Å². The second-order valence-corrected chi connectivity index (χ2v) is 7.63. The van der Waals surface area contributed by atoms with Crippen molar-refractivity contribution in [2.24, 2.45) is 4.99 Å². The molecular weight excluding hydrogens is 463 g/mol. The molecule has 0 aromatic heterocycles. The van der Waals surface area contributed by atoms with Gasteiger partial charge in [0.2, 0.25) is 0 Å². The first-order valence-corrected chi connectivity index (χ1v) is 9.44. The molecule has 2 aliphatic rings. The molecule has 8 nitrogen and oxygen atoms in total. The number of fused-ring (bicyclic) bond motifs is 1. The Kier molecular flexibility index (Phi) is 5.76. The van der Waals surface area contributed by atoms with Crippen molar-refractivity contribution < 1.29 is 24.0 Å². The summed E-state index contributed by atoms with van der Waals surface area (Å²) in [4.78, 5) is 31.2. The van der Waals surface area contributed by atoms with Crippen LogP contribution in [0.25, 0.3) is 0 Å². The summed E-state index contributed by atoms with van der Waals surface area (Å²) in [6.45, 7) is 0.00402. The molecule has 3 rings (SSSR count). The second kappa shape index (κ2) is 7.75. The Morgan fingerprint density at radius 3 is 2.70 bits per heavy atom. The van der Waals surface area contributed by atoms with Crippen LogP contribution in [-0.2, 0) is 4.79 Å². The zero-order valence-electron chi connectivity index (χ0n) is 14.4. The lowest BCUT2D eigenvalue weighted by Gasteiger charge is -2.30. The number of β-amino-alcohol motifs (C(OH)–C–C–N with tert-alkyl or cyclic N) is 1. The number of halogens is 3. The summed E-state index contributed by atoms with van der Waals surface area (Å²) in [5.74, 6) is 0.282. The van der Waals surface area contributed by atoms with E-state index in [1.165, 1.54) is 11.9 Å². The van der Waals surface area contributed by atoms with Crippen LogP contribution in [0.1, 0.15) is 0 Å². The van der Waals surface area contributed by atoms with Gasteiger partial charge in [0.15, 0.2) is 0 Å². The maximum atomic E-state index is 12.5. The van der Waals surface area contributed by atoms with Gasteiger partial charge in [0, 0.05) is 19.1 Å². The van der Waals surface area contributed by atoms with E-state index in [-0.39, 0.29) is 13.2 Å². The largest absolute Gasteiger partial charge is 0.489 e. The lowest BCUT2D eigenvalue weighted by molar-refractivity contribution is -0.541. The Bertz CT molecular complexity index is 876. The van der Waals surface area contributed by atoms with Crippen LogP contribution in [0.3, 0.4) is 0 Å². The first kappa shape index (κ1) is 20.1. The highest BCUT2D eigenvalue weighted by molar-refractivity contribution is 9.18. The van der Waals surface area contributed by atoms with E-state index in [1.807, 2.05) is 0 Å². The van der Waals surface area contributed by atoms with Crippen molar-refractivity contribution in [2.45, 2.75) is 12.1 Å². The zero-order chi connectivity index (χ0) is 19.9. The fourth-order valence-electron chi connectivity index (χ4n) is 2.81. The monoisotopic (exact) mass is 477 g/mol. The predicted octanol–water partition coefficient (Wildman–Crippen LogP) is 1.80. The third-order valence-corrected chi connectivity index (χ3v) is 5.38. The summed E-state index contributed by atoms with van der Waals surface area (Å²) in [6, 6.07) is 3.53. The minimum absolute atomic E-state index is 0.0566. The fourth-order valence-corrected chi connectivity index (χ4v) is 3.80. The van der Waals surface area contributed by atoms with Gasteiger partial charge in [0.1, 0.15) is 25.0 Å². The third-order valence-electron chi connectivity index (χ3n) is 4.21. The number of hydrogen-bond acceptors (Lipinski definition) is 5. The van der Waals surface area contributed by atoms with E-state index in [0.717, 1.165) is 4.90 Å². The molecule has 2 atom stereocenters. The number of aliphatic hydroxyl groups is 1. The highest BCUT2D eigenvalue weighted by Gasteiger charge is 2.52. The van der Waals surface area contributed by atoms with Crippen LogP contribution in [0, 0.1) is 0 Å². The minimum Gasteiger partial charge on any atom is -0.489 e. The van der Waals surface area contributed by atoms with Gasteiger partial charge in [0.05, 0.1) is 21.0 Å². The normalized spacial score (nSPS) is 20.8. The highest BCUT2D eigenvalue weighted by Crippen LogP contribution is 2.27. The summed E-state index contributed by atoms with van der Waals surface area (Å²) in [7, 11) is 2.95. The second-order valence-electron chi connectivity index (χ2n) is 6.07. The van der Waals surface area contributed by atoms with E-state index in [9.17, 15) is 14.7 Å². The van der Waals surface area contributed by atoms with Crippen LogP contribution in [0.15, 0.2) is 23.2 Å². The van der Waals surface area contributed by atoms with Gasteiger partial charge in [-0.25, -0.2) is 9.37 Å². The molecule has 1 fully saturated rings. The Hall–Kier alpha value is -1.68. The molecule has 0 spiro atoms. The summed E-state index contributed by atoms with van der Waals surface area (Å²) < 4.78 is 7.47. The lowest BCUT2D eigenvalue weighted by atomic mass is 10.1. The molecule has 2 aliphatic heterocycles. The number of aliphatic imine (C=N–C) groups is 1. The van der Waals surface area contributed by atoms with Gasteiger partial charge >= 0.3 is 10.8 Å². The molecule has 0 bridgehead atoms. The first-order valence-electron chi connectivity index (χ1n) is 7.89. The number of amides is 3. The van der Waals surface area contributed by atoms with Crippen LogP contribution in [0.2, 0.25) is 10.0 Å². The van der Waals surface area contributed by atoms with Crippen LogP contribution >= 0.6 is 39.1 Å². The van der Waals surface area contributed by atoms with Crippen molar-refractivity contribution in [3.8, 4) is 5.75 Å². The number of urea groups is 1. The predicted molar refractivity (Wildman–Crippen MR) is 104 cm³/mol. The molecule has 0 radical (unpaired) electrons. The molecule has 1 N–H and O–H groups in total. The van der Waals surface area contributed by atoms with E-state index in [2.05, 4.69) is 20.9 Å². The molecule has 1 saturated heterocycles. The number of nitrogens with zero attached hydrogens (tertiary/aromatic N) is 4. The number of benzene rings is 1. The summed E-state index contributed by atoms with van der Waals surface area (Å²) >= 11 is 15.2. The maximum Gasteiger partial charge on any atom is 0.364 e. The zero-order valence-corrected chi connectivity index (χ0v) is 17.5. The molecule has 0 aliphatic carbocycles. The van der Waals surface area contributed by atoms with Crippen molar-refractivity contribution >= 4 is 61.7 Å². The first-order chi connectivity index (χ1) is 12.7. The molecule has 2 heterocycles. The Morgan fingerprint density at radius 2 is 2.04 bits per heavy atom. The van der Waals surface area contributed by atoms with Gasteiger partial charge in [-0.3, -0.25) is 14.6 Å². The number of hydrogen-bond donors (Lipinski definition) is 1. The molecule has 0 saturated carbocycles. The van der Waals surface area contributed by atoms with E-state index >= 15 is 0 Å². The molecule has 1 aromatic carbocycles. The van der Waals surface area contributed by atoms with Gasteiger partial charge in [-0.15, -0.1) is 0 Å². The summed E-state index contributed by atoms with van der Waals surface area (Å²) in [6.07, 6.45) is -0.945. The number of amidine groups is 2. The number of aliphatic hydroxyl groups excluding tert-OH is 1. The number of ether oxygens (including phenoxy) is 1. The number of imide groups is 1. The molecule has 1 aromatic rings.